The summed E-state index contributed by atoms with van der Waals surface area (Å²) in [6.07, 6.45) is 5.40. The Balaban J connectivity index is 1.20. The van der Waals surface area contributed by atoms with Crippen molar-refractivity contribution in [2.75, 3.05) is 19.6 Å². The maximum absolute atomic E-state index is 12.1. The Bertz CT molecular complexity index is 1300. The number of carboxylic acids is 1. The van der Waals surface area contributed by atoms with E-state index in [-0.39, 0.29) is 6.04 Å². The molecule has 1 aliphatic rings. The van der Waals surface area contributed by atoms with Gasteiger partial charge in [0.25, 0.3) is 0 Å². The fraction of sp³-hybridized carbons (Fsp3) is 0.375. The Kier molecular flexibility index (Phi) is 8.91. The van der Waals surface area contributed by atoms with E-state index in [1.165, 1.54) is 17.5 Å². The van der Waals surface area contributed by atoms with Crippen molar-refractivity contribution in [3.63, 3.8) is 0 Å². The highest BCUT2D eigenvalue weighted by atomic mass is 16.4. The Labute approximate surface area is 230 Å². The molecule has 2 N–H and O–H groups in total. The van der Waals surface area contributed by atoms with Crippen LogP contribution < -0.4 is 5.32 Å². The highest BCUT2D eigenvalue weighted by Crippen LogP contribution is 2.30. The fourth-order valence-corrected chi connectivity index (χ4v) is 5.69. The Hall–Kier alpha value is -3.68. The van der Waals surface area contributed by atoms with E-state index in [1.54, 1.807) is 12.1 Å². The van der Waals surface area contributed by atoms with Crippen molar-refractivity contribution in [3.8, 4) is 0 Å². The van der Waals surface area contributed by atoms with Gasteiger partial charge in [0, 0.05) is 30.6 Å². The zero-order valence-electron chi connectivity index (χ0n) is 22.6. The first-order valence-electron chi connectivity index (χ1n) is 14.0. The van der Waals surface area contributed by atoms with Gasteiger partial charge in [-0.3, -0.25) is 14.8 Å². The zero-order chi connectivity index (χ0) is 27.0. The number of nitrogens with zero attached hydrogens (tertiary/aromatic N) is 3. The molecule has 2 aromatic carbocycles. The predicted molar refractivity (Wildman–Crippen MR) is 152 cm³/mol. The molecule has 0 amide bonds. The summed E-state index contributed by atoms with van der Waals surface area (Å²) in [5.41, 5.74) is 4.87. The third kappa shape index (κ3) is 6.85. The van der Waals surface area contributed by atoms with E-state index in [4.69, 9.17) is 9.52 Å². The van der Waals surface area contributed by atoms with Crippen LogP contribution >= 0.6 is 0 Å². The average molecular weight is 527 g/mol. The smallest absolute Gasteiger partial charge is 0.328 e. The number of hydrogen-bond acceptors (Lipinski definition) is 5. The van der Waals surface area contributed by atoms with Crippen LogP contribution in [0.3, 0.4) is 0 Å². The zero-order valence-corrected chi connectivity index (χ0v) is 22.6. The van der Waals surface area contributed by atoms with Gasteiger partial charge in [-0.15, -0.1) is 0 Å². The lowest BCUT2D eigenvalue weighted by atomic mass is 9.92. The second-order valence-corrected chi connectivity index (χ2v) is 10.4. The van der Waals surface area contributed by atoms with Gasteiger partial charge in [0.1, 0.15) is 5.76 Å². The largest absolute Gasteiger partial charge is 0.480 e. The van der Waals surface area contributed by atoms with E-state index in [2.05, 4.69) is 70.4 Å². The molecule has 1 unspecified atom stereocenters. The third-order valence-corrected chi connectivity index (χ3v) is 7.77. The van der Waals surface area contributed by atoms with Gasteiger partial charge in [-0.1, -0.05) is 60.7 Å². The second kappa shape index (κ2) is 12.9. The summed E-state index contributed by atoms with van der Waals surface area (Å²) in [6, 6.07) is 25.4. The highest BCUT2D eigenvalue weighted by molar-refractivity contribution is 5.74. The number of aliphatic carboxylic acids is 1. The van der Waals surface area contributed by atoms with Gasteiger partial charge in [0.05, 0.1) is 12.0 Å². The molecule has 0 radical (unpaired) electrons. The molecule has 4 aromatic rings. The molecule has 39 heavy (non-hydrogen) atoms. The van der Waals surface area contributed by atoms with Gasteiger partial charge in [-0.25, -0.2) is 0 Å². The Morgan fingerprint density at radius 3 is 2.41 bits per heavy atom. The van der Waals surface area contributed by atoms with Crippen LogP contribution in [-0.4, -0.2) is 45.4 Å². The molecule has 1 fully saturated rings. The minimum Gasteiger partial charge on any atom is -0.480 e. The van der Waals surface area contributed by atoms with Gasteiger partial charge < -0.3 is 14.4 Å². The van der Waals surface area contributed by atoms with Gasteiger partial charge in [-0.05, 0) is 75.1 Å². The molecule has 5 rings (SSSR count). The average Bonchev–Trinajstić information content (AvgIpc) is 3.65. The van der Waals surface area contributed by atoms with E-state index in [0.717, 1.165) is 63.1 Å². The highest BCUT2D eigenvalue weighted by Gasteiger charge is 2.28. The summed E-state index contributed by atoms with van der Waals surface area (Å²) in [6.45, 7) is 6.00. The number of benzene rings is 2. The van der Waals surface area contributed by atoms with Crippen molar-refractivity contribution in [1.82, 2.24) is 20.0 Å². The molecule has 0 bridgehead atoms. The molecule has 2 aromatic heterocycles. The topological polar surface area (TPSA) is 83.5 Å². The van der Waals surface area contributed by atoms with Crippen LogP contribution in [0.25, 0.3) is 0 Å². The normalized spacial score (nSPS) is 16.2. The van der Waals surface area contributed by atoms with Crippen molar-refractivity contribution < 1.29 is 14.3 Å². The second-order valence-electron chi connectivity index (χ2n) is 10.4. The molecule has 0 saturated carbocycles. The maximum atomic E-state index is 12.1. The summed E-state index contributed by atoms with van der Waals surface area (Å²) in [7, 11) is 0. The van der Waals surface area contributed by atoms with Crippen LogP contribution in [0.5, 0.6) is 0 Å². The molecular weight excluding hydrogens is 488 g/mol. The minimum absolute atomic E-state index is 0.0998. The monoisotopic (exact) mass is 526 g/mol. The molecule has 0 aliphatic carbocycles. The number of carbonyl (C=O) groups is 1. The Morgan fingerprint density at radius 1 is 1.05 bits per heavy atom. The summed E-state index contributed by atoms with van der Waals surface area (Å²) >= 11 is 0. The minimum atomic E-state index is -0.939. The third-order valence-electron chi connectivity index (χ3n) is 7.77. The number of hydrogen-bond donors (Lipinski definition) is 2. The van der Waals surface area contributed by atoms with Crippen LogP contribution in [0.4, 0.5) is 0 Å². The van der Waals surface area contributed by atoms with Crippen LogP contribution in [0.1, 0.15) is 72.5 Å². The summed E-state index contributed by atoms with van der Waals surface area (Å²) in [4.78, 5) is 14.6. The number of nitrogens with one attached hydrogen (secondary N) is 1. The molecule has 7 heteroatoms. The molecule has 204 valence electrons. The number of rotatable bonds is 12. The van der Waals surface area contributed by atoms with Crippen molar-refractivity contribution in [3.05, 3.63) is 113 Å². The lowest BCUT2D eigenvalue weighted by molar-refractivity contribution is -0.140. The van der Waals surface area contributed by atoms with E-state index < -0.39 is 12.0 Å². The fourth-order valence-electron chi connectivity index (χ4n) is 5.69. The lowest BCUT2D eigenvalue weighted by Crippen LogP contribution is -2.37. The molecular formula is C32H38N4O3. The van der Waals surface area contributed by atoms with E-state index >= 15 is 0 Å². The molecule has 7 nitrogen and oxygen atoms in total. The number of aromatic nitrogens is 2. The van der Waals surface area contributed by atoms with Crippen molar-refractivity contribution in [1.29, 1.82) is 0 Å². The van der Waals surface area contributed by atoms with Crippen LogP contribution in [-0.2, 0) is 17.8 Å². The molecule has 1 saturated heterocycles. The van der Waals surface area contributed by atoms with E-state index in [1.807, 2.05) is 18.2 Å². The molecule has 1 aliphatic heterocycles. The first kappa shape index (κ1) is 26.9. The van der Waals surface area contributed by atoms with Gasteiger partial charge in [-0.2, -0.15) is 5.10 Å². The summed E-state index contributed by atoms with van der Waals surface area (Å²) in [5, 5.41) is 18.1. The number of carboxylic acid groups (broad SMARTS) is 1. The van der Waals surface area contributed by atoms with E-state index in [9.17, 15) is 9.90 Å². The maximum Gasteiger partial charge on any atom is 0.328 e. The first-order valence-corrected chi connectivity index (χ1v) is 14.0. The van der Waals surface area contributed by atoms with Crippen molar-refractivity contribution in [2.45, 2.75) is 57.2 Å². The number of likely N-dealkylation sites (tertiary alicyclic amines) is 1. The van der Waals surface area contributed by atoms with Crippen LogP contribution in [0, 0.1) is 0 Å². The molecule has 2 atom stereocenters. The lowest BCUT2D eigenvalue weighted by Gasteiger charge is -2.33. The molecule has 0 spiro atoms. The van der Waals surface area contributed by atoms with Crippen molar-refractivity contribution >= 4 is 5.97 Å². The van der Waals surface area contributed by atoms with Crippen LogP contribution in [0.2, 0.25) is 0 Å². The first-order chi connectivity index (χ1) is 19.1. The van der Waals surface area contributed by atoms with E-state index in [0.29, 0.717) is 11.7 Å². The van der Waals surface area contributed by atoms with Gasteiger partial charge in [0.15, 0.2) is 6.04 Å². The number of furan rings is 1. The predicted octanol–water partition coefficient (Wildman–Crippen LogP) is 5.81. The standard InChI is InChI=1S/C32H38N4O3/c1-2-36-29(23-27(34-36)22-24-10-5-3-6-11-24)26-15-18-35(19-16-26)20-17-28(25-12-7-4-8-13-25)33-31(32(37)38)30-14-9-21-39-30/h3-14,21,23,26,28,31,33H,2,15-20,22H2,1H3,(H,37,38)/t28-,31?/m0/s1. The van der Waals surface area contributed by atoms with Gasteiger partial charge in [0.2, 0.25) is 0 Å². The van der Waals surface area contributed by atoms with Crippen LogP contribution in [0.15, 0.2) is 89.5 Å². The van der Waals surface area contributed by atoms with Gasteiger partial charge >= 0.3 is 5.97 Å². The molecule has 3 heterocycles. The summed E-state index contributed by atoms with van der Waals surface area (Å²) < 4.78 is 7.62. The SMILES string of the molecule is CCn1nc(Cc2ccccc2)cc1C1CCN(CC[C@H](NC(C(=O)O)c2ccco2)c2ccccc2)CC1. The Morgan fingerprint density at radius 2 is 1.77 bits per heavy atom. The number of aryl methyl sites for hydroxylation is 1. The number of piperidine rings is 1. The van der Waals surface area contributed by atoms with Crippen molar-refractivity contribution in [2.24, 2.45) is 0 Å². The summed E-state index contributed by atoms with van der Waals surface area (Å²) in [5.74, 6) is -0.00843. The quantitative estimate of drug-likeness (QED) is 0.242.